The van der Waals surface area contributed by atoms with Gasteiger partial charge >= 0.3 is 0 Å². The van der Waals surface area contributed by atoms with Gasteiger partial charge < -0.3 is 23.7 Å². The molecule has 0 unspecified atom stereocenters. The zero-order valence-corrected chi connectivity index (χ0v) is 14.9. The maximum Gasteiger partial charge on any atom is 0.265 e. The van der Waals surface area contributed by atoms with Crippen LogP contribution in [-0.2, 0) is 23.7 Å². The van der Waals surface area contributed by atoms with E-state index in [4.69, 9.17) is 63.9 Å². The highest BCUT2D eigenvalue weighted by Gasteiger charge is 2.53. The largest absolute Gasteiger partial charge is 0.475 e. The molecule has 6 nitrogen and oxygen atoms in total. The molecular weight excluding hydrogens is 381 g/mol. The molecule has 9 heteroatoms. The van der Waals surface area contributed by atoms with Gasteiger partial charge in [-0.15, -0.1) is 0 Å². The molecule has 1 N–H and O–H groups in total. The van der Waals surface area contributed by atoms with Gasteiger partial charge in [-0.2, -0.15) is 0 Å². The summed E-state index contributed by atoms with van der Waals surface area (Å²) in [5.41, 5.74) is 0.899. The minimum absolute atomic E-state index is 0.0152. The first-order valence-electron chi connectivity index (χ1n) is 7.23. The third-order valence-corrected chi connectivity index (χ3v) is 4.30. The number of fused-ring (bicyclic) bond motifs is 1. The molecule has 0 aromatic heterocycles. The molecule has 1 aromatic rings. The van der Waals surface area contributed by atoms with Crippen LogP contribution in [-0.4, -0.2) is 48.0 Å². The standard InChI is InChI=1S/C15H16Cl3NO5/c1-20-13-11-10(9(22-13)7-21-14(19)15(16,17)18)23-12(24-11)8-5-3-2-4-6-8/h2-6,9-13,19H,7H2,1H3/t9-,10-,11-,12-,13-/m1/s1. The van der Waals surface area contributed by atoms with Crippen molar-refractivity contribution in [3.05, 3.63) is 35.9 Å². The summed E-state index contributed by atoms with van der Waals surface area (Å²) in [6.45, 7) is -0.0152. The van der Waals surface area contributed by atoms with Crippen LogP contribution in [0.3, 0.4) is 0 Å². The number of hydrogen-bond donors (Lipinski definition) is 1. The lowest BCUT2D eigenvalue weighted by molar-refractivity contribution is -0.200. The molecular formula is C15H16Cl3NO5. The van der Waals surface area contributed by atoms with E-state index in [9.17, 15) is 0 Å². The monoisotopic (exact) mass is 395 g/mol. The topological polar surface area (TPSA) is 70.0 Å². The number of benzene rings is 1. The third-order valence-electron chi connectivity index (χ3n) is 3.78. The van der Waals surface area contributed by atoms with E-state index in [0.29, 0.717) is 0 Å². The van der Waals surface area contributed by atoms with E-state index in [1.165, 1.54) is 7.11 Å². The van der Waals surface area contributed by atoms with E-state index in [0.717, 1.165) is 5.56 Å². The van der Waals surface area contributed by atoms with Gasteiger partial charge in [-0.3, -0.25) is 5.41 Å². The van der Waals surface area contributed by atoms with Gasteiger partial charge in [-0.1, -0.05) is 65.1 Å². The molecule has 5 atom stereocenters. The Morgan fingerprint density at radius 3 is 2.42 bits per heavy atom. The highest BCUT2D eigenvalue weighted by molar-refractivity contribution is 6.76. The number of hydrogen-bond acceptors (Lipinski definition) is 6. The summed E-state index contributed by atoms with van der Waals surface area (Å²) in [6.07, 6.45) is -2.45. The molecule has 2 heterocycles. The first-order valence-corrected chi connectivity index (χ1v) is 8.36. The van der Waals surface area contributed by atoms with Crippen LogP contribution in [0.4, 0.5) is 0 Å². The predicted octanol–water partition coefficient (Wildman–Crippen LogP) is 3.20. The van der Waals surface area contributed by atoms with E-state index in [1.807, 2.05) is 30.3 Å². The second-order valence-electron chi connectivity index (χ2n) is 5.36. The summed E-state index contributed by atoms with van der Waals surface area (Å²) in [5, 5.41) is 7.59. The second kappa shape index (κ2) is 7.33. The molecule has 2 saturated heterocycles. The quantitative estimate of drug-likeness (QED) is 0.481. The van der Waals surface area contributed by atoms with Gasteiger partial charge in [0.25, 0.3) is 3.79 Å². The Labute approximate surface area is 154 Å². The maximum atomic E-state index is 7.59. The van der Waals surface area contributed by atoms with Crippen LogP contribution >= 0.6 is 34.8 Å². The van der Waals surface area contributed by atoms with Crippen LogP contribution in [0.25, 0.3) is 0 Å². The molecule has 0 saturated carbocycles. The fourth-order valence-corrected chi connectivity index (χ4v) is 2.82. The lowest BCUT2D eigenvalue weighted by Gasteiger charge is -2.21. The Hall–Kier alpha value is -0.600. The fraction of sp³-hybridized carbons (Fsp3) is 0.533. The predicted molar refractivity (Wildman–Crippen MR) is 88.6 cm³/mol. The third kappa shape index (κ3) is 3.80. The van der Waals surface area contributed by atoms with Crippen molar-refractivity contribution in [2.45, 2.75) is 34.7 Å². The van der Waals surface area contributed by atoms with Gasteiger partial charge in [0.05, 0.1) is 0 Å². The normalized spacial score (nSPS) is 32.6. The van der Waals surface area contributed by atoms with E-state index in [1.54, 1.807) is 0 Å². The van der Waals surface area contributed by atoms with Crippen molar-refractivity contribution in [2.24, 2.45) is 0 Å². The van der Waals surface area contributed by atoms with Gasteiger partial charge in [0.15, 0.2) is 12.6 Å². The highest BCUT2D eigenvalue weighted by Crippen LogP contribution is 2.40. The van der Waals surface area contributed by atoms with Crippen LogP contribution in [0.15, 0.2) is 30.3 Å². The number of ether oxygens (including phenoxy) is 5. The molecule has 0 radical (unpaired) electrons. The lowest BCUT2D eigenvalue weighted by Crippen LogP contribution is -2.34. The molecule has 0 aliphatic carbocycles. The van der Waals surface area contributed by atoms with Crippen LogP contribution in [0.1, 0.15) is 11.9 Å². The molecule has 2 aliphatic rings. The van der Waals surface area contributed by atoms with Crippen LogP contribution in [0, 0.1) is 5.41 Å². The maximum absolute atomic E-state index is 7.59. The van der Waals surface area contributed by atoms with Gasteiger partial charge in [0.1, 0.15) is 24.9 Å². The Balaban J connectivity index is 1.66. The van der Waals surface area contributed by atoms with E-state index < -0.39 is 40.6 Å². The molecule has 0 amide bonds. The minimum atomic E-state index is -1.92. The molecule has 132 valence electrons. The van der Waals surface area contributed by atoms with Crippen molar-refractivity contribution < 1.29 is 23.7 Å². The smallest absolute Gasteiger partial charge is 0.265 e. The molecule has 24 heavy (non-hydrogen) atoms. The summed E-state index contributed by atoms with van der Waals surface area (Å²) in [6, 6.07) is 9.56. The molecule has 1 aromatic carbocycles. The zero-order chi connectivity index (χ0) is 17.3. The summed E-state index contributed by atoms with van der Waals surface area (Å²) >= 11 is 16.8. The number of rotatable bonds is 4. The molecule has 2 fully saturated rings. The van der Waals surface area contributed by atoms with Crippen molar-refractivity contribution in [3.63, 3.8) is 0 Å². The average Bonchev–Trinajstić information content (AvgIpc) is 3.12. The second-order valence-corrected chi connectivity index (χ2v) is 7.64. The highest BCUT2D eigenvalue weighted by atomic mass is 35.6. The summed E-state index contributed by atoms with van der Waals surface area (Å²) in [5.74, 6) is -0.480. The SMILES string of the molecule is CO[C@@H]1O[C@H](COC(=N)C(Cl)(Cl)Cl)[C@H]2O[C@@H](c3ccccc3)O[C@@H]12. The molecule has 0 spiro atoms. The summed E-state index contributed by atoms with van der Waals surface area (Å²) < 4.78 is 26.2. The van der Waals surface area contributed by atoms with E-state index in [2.05, 4.69) is 0 Å². The number of alkyl halides is 3. The number of halogens is 3. The summed E-state index contributed by atoms with van der Waals surface area (Å²) in [7, 11) is 1.52. The van der Waals surface area contributed by atoms with Crippen molar-refractivity contribution in [2.75, 3.05) is 13.7 Å². The minimum Gasteiger partial charge on any atom is -0.475 e. The Bertz CT molecular complexity index is 582. The van der Waals surface area contributed by atoms with Crippen molar-refractivity contribution in [1.82, 2.24) is 0 Å². The Morgan fingerprint density at radius 1 is 1.12 bits per heavy atom. The molecule has 3 rings (SSSR count). The summed E-state index contributed by atoms with van der Waals surface area (Å²) in [4.78, 5) is 0. The molecule has 0 bridgehead atoms. The first kappa shape index (κ1) is 18.2. The Kier molecular flexibility index (Phi) is 5.56. The van der Waals surface area contributed by atoms with E-state index in [-0.39, 0.29) is 6.61 Å². The van der Waals surface area contributed by atoms with Crippen LogP contribution in [0.5, 0.6) is 0 Å². The zero-order valence-electron chi connectivity index (χ0n) is 12.7. The van der Waals surface area contributed by atoms with Crippen LogP contribution in [0.2, 0.25) is 0 Å². The fourth-order valence-electron chi connectivity index (χ4n) is 2.66. The van der Waals surface area contributed by atoms with Crippen molar-refractivity contribution >= 4 is 40.7 Å². The van der Waals surface area contributed by atoms with Gasteiger partial charge in [0, 0.05) is 12.7 Å². The lowest BCUT2D eigenvalue weighted by atomic mass is 10.1. The van der Waals surface area contributed by atoms with Gasteiger partial charge in [0.2, 0.25) is 5.90 Å². The Morgan fingerprint density at radius 2 is 1.79 bits per heavy atom. The first-order chi connectivity index (χ1) is 11.4. The average molecular weight is 397 g/mol. The van der Waals surface area contributed by atoms with Crippen LogP contribution < -0.4 is 0 Å². The van der Waals surface area contributed by atoms with Crippen molar-refractivity contribution in [1.29, 1.82) is 5.41 Å². The molecule has 2 aliphatic heterocycles. The van der Waals surface area contributed by atoms with Gasteiger partial charge in [-0.25, -0.2) is 0 Å². The number of methoxy groups -OCH3 is 1. The van der Waals surface area contributed by atoms with Gasteiger partial charge in [-0.05, 0) is 0 Å². The van der Waals surface area contributed by atoms with Crippen molar-refractivity contribution in [3.8, 4) is 0 Å². The number of nitrogens with one attached hydrogen (secondary N) is 1. The van der Waals surface area contributed by atoms with E-state index >= 15 is 0 Å².